The second-order valence-electron chi connectivity index (χ2n) is 6.13. The van der Waals surface area contributed by atoms with Crippen LogP contribution in [0.1, 0.15) is 17.0 Å². The van der Waals surface area contributed by atoms with E-state index in [1.165, 1.54) is 0 Å². The highest BCUT2D eigenvalue weighted by Gasteiger charge is 2.22. The number of nitrogen functional groups attached to an aromatic ring is 1. The Balaban J connectivity index is 1.59. The lowest BCUT2D eigenvalue weighted by Gasteiger charge is -2.26. The first-order valence-corrected chi connectivity index (χ1v) is 9.11. The van der Waals surface area contributed by atoms with E-state index in [2.05, 4.69) is 37.5 Å². The first-order valence-electron chi connectivity index (χ1n) is 8.03. The summed E-state index contributed by atoms with van der Waals surface area (Å²) in [6.07, 6.45) is 0.749. The van der Waals surface area contributed by atoms with Gasteiger partial charge in [-0.05, 0) is 59.0 Å². The minimum atomic E-state index is -0.0736. The number of fused-ring (bicyclic) bond motifs is 1. The number of nitrogens with two attached hydrogens (primary N) is 1. The van der Waals surface area contributed by atoms with Crippen LogP contribution in [0.15, 0.2) is 45.6 Å². The van der Waals surface area contributed by atoms with E-state index in [4.69, 9.17) is 10.2 Å². The third kappa shape index (κ3) is 3.47. The Morgan fingerprint density at radius 1 is 1.24 bits per heavy atom. The van der Waals surface area contributed by atoms with Gasteiger partial charge in [-0.25, -0.2) is 4.98 Å². The molecule has 128 valence electrons. The van der Waals surface area contributed by atoms with Crippen LogP contribution in [0.5, 0.6) is 0 Å². The summed E-state index contributed by atoms with van der Waals surface area (Å²) in [6, 6.07) is 11.3. The molecule has 1 aliphatic rings. The van der Waals surface area contributed by atoms with Crippen LogP contribution >= 0.6 is 22.6 Å². The summed E-state index contributed by atoms with van der Waals surface area (Å²) < 4.78 is 6.50. The number of hydrogen-bond donors (Lipinski definition) is 2. The van der Waals surface area contributed by atoms with E-state index in [-0.39, 0.29) is 5.56 Å². The maximum Gasteiger partial charge on any atom is 0.255 e. The summed E-state index contributed by atoms with van der Waals surface area (Å²) in [4.78, 5) is 22.3. The third-order valence-electron chi connectivity index (χ3n) is 4.34. The molecule has 0 radical (unpaired) electrons. The minimum absolute atomic E-state index is 0.0736. The van der Waals surface area contributed by atoms with Gasteiger partial charge in [-0.1, -0.05) is 0 Å². The maximum absolute atomic E-state index is 12.6. The van der Waals surface area contributed by atoms with Crippen LogP contribution in [0.25, 0.3) is 11.4 Å². The van der Waals surface area contributed by atoms with E-state index >= 15 is 0 Å². The van der Waals surface area contributed by atoms with Crippen LogP contribution in [0, 0.1) is 3.77 Å². The van der Waals surface area contributed by atoms with E-state index in [9.17, 15) is 4.79 Å². The number of anilines is 1. The molecular formula is C18H17IN4O2. The van der Waals surface area contributed by atoms with Crippen molar-refractivity contribution in [3.05, 3.63) is 67.5 Å². The summed E-state index contributed by atoms with van der Waals surface area (Å²) in [5.41, 5.74) is 8.81. The molecule has 3 heterocycles. The zero-order valence-corrected chi connectivity index (χ0v) is 15.6. The highest BCUT2D eigenvalue weighted by atomic mass is 127. The zero-order valence-electron chi connectivity index (χ0n) is 13.5. The van der Waals surface area contributed by atoms with E-state index < -0.39 is 0 Å². The molecule has 25 heavy (non-hydrogen) atoms. The molecule has 3 aromatic rings. The first kappa shape index (κ1) is 16.3. The average molecular weight is 448 g/mol. The van der Waals surface area contributed by atoms with E-state index in [0.717, 1.165) is 39.3 Å². The molecule has 0 saturated heterocycles. The van der Waals surface area contributed by atoms with Gasteiger partial charge in [0.25, 0.3) is 5.56 Å². The van der Waals surface area contributed by atoms with E-state index in [1.807, 2.05) is 24.3 Å². The lowest BCUT2D eigenvalue weighted by molar-refractivity contribution is 0.221. The van der Waals surface area contributed by atoms with Crippen LogP contribution in [-0.2, 0) is 19.5 Å². The highest BCUT2D eigenvalue weighted by Crippen LogP contribution is 2.21. The fraction of sp³-hybridized carbons (Fsp3) is 0.222. The fourth-order valence-electron chi connectivity index (χ4n) is 3.05. The Morgan fingerprint density at radius 3 is 2.76 bits per heavy atom. The quantitative estimate of drug-likeness (QED) is 0.476. The molecule has 0 spiro atoms. The number of aromatic amines is 1. The Bertz CT molecular complexity index is 962. The number of benzene rings is 1. The van der Waals surface area contributed by atoms with Crippen molar-refractivity contribution >= 4 is 28.3 Å². The molecular weight excluding hydrogens is 431 g/mol. The lowest BCUT2D eigenvalue weighted by Crippen LogP contribution is -2.35. The molecule has 0 amide bonds. The summed E-state index contributed by atoms with van der Waals surface area (Å²) in [5, 5.41) is 0. The molecule has 1 aliphatic heterocycles. The summed E-state index contributed by atoms with van der Waals surface area (Å²) in [5.74, 6) is 1.51. The molecule has 1 aromatic carbocycles. The Kier molecular flexibility index (Phi) is 4.34. The monoisotopic (exact) mass is 448 g/mol. The van der Waals surface area contributed by atoms with Gasteiger partial charge in [-0.3, -0.25) is 9.69 Å². The van der Waals surface area contributed by atoms with Crippen molar-refractivity contribution in [1.82, 2.24) is 14.9 Å². The normalized spacial score (nSPS) is 14.4. The molecule has 0 bridgehead atoms. The zero-order chi connectivity index (χ0) is 17.4. The number of H-pyrrole nitrogens is 1. The standard InChI is InChI=1S/C18H17IN4O2/c19-16-6-5-13(25-16)9-23-8-7-15-14(10-23)18(24)22-17(21-15)11-1-3-12(20)4-2-11/h1-6H,7-10,20H2,(H,21,22,24). The van der Waals surface area contributed by atoms with Crippen molar-refractivity contribution in [2.75, 3.05) is 12.3 Å². The highest BCUT2D eigenvalue weighted by molar-refractivity contribution is 14.1. The van der Waals surface area contributed by atoms with Gasteiger partial charge in [0.15, 0.2) is 3.77 Å². The summed E-state index contributed by atoms with van der Waals surface area (Å²) >= 11 is 2.15. The smallest absolute Gasteiger partial charge is 0.255 e. The average Bonchev–Trinajstić information content (AvgIpc) is 3.01. The Hall–Kier alpha value is -2.13. The second-order valence-corrected chi connectivity index (χ2v) is 7.19. The van der Waals surface area contributed by atoms with Crippen molar-refractivity contribution in [2.45, 2.75) is 19.5 Å². The lowest BCUT2D eigenvalue weighted by atomic mass is 10.1. The molecule has 0 fully saturated rings. The molecule has 4 rings (SSSR count). The van der Waals surface area contributed by atoms with Crippen molar-refractivity contribution in [1.29, 1.82) is 0 Å². The van der Waals surface area contributed by atoms with Gasteiger partial charge in [0.05, 0.1) is 17.8 Å². The topological polar surface area (TPSA) is 88.1 Å². The minimum Gasteiger partial charge on any atom is -0.454 e. The molecule has 7 heteroatoms. The second kappa shape index (κ2) is 6.64. The van der Waals surface area contributed by atoms with Gasteiger partial charge < -0.3 is 15.1 Å². The van der Waals surface area contributed by atoms with Gasteiger partial charge >= 0.3 is 0 Å². The van der Waals surface area contributed by atoms with Crippen LogP contribution in [0.2, 0.25) is 0 Å². The number of aromatic nitrogens is 2. The predicted molar refractivity (Wildman–Crippen MR) is 104 cm³/mol. The number of furan rings is 1. The van der Waals surface area contributed by atoms with Gasteiger partial charge in [0, 0.05) is 30.8 Å². The van der Waals surface area contributed by atoms with Crippen molar-refractivity contribution in [3.63, 3.8) is 0 Å². The SMILES string of the molecule is Nc1ccc(-c2nc3c(c(=O)[nH]2)CN(Cc2ccc(I)o2)CC3)cc1. The predicted octanol–water partition coefficient (Wildman–Crippen LogP) is 2.78. The number of halogens is 1. The van der Waals surface area contributed by atoms with Crippen molar-refractivity contribution in [3.8, 4) is 11.4 Å². The van der Waals surface area contributed by atoms with Gasteiger partial charge in [-0.15, -0.1) is 0 Å². The molecule has 0 atom stereocenters. The molecule has 0 aliphatic carbocycles. The van der Waals surface area contributed by atoms with Crippen LogP contribution in [-0.4, -0.2) is 21.4 Å². The van der Waals surface area contributed by atoms with Crippen molar-refractivity contribution in [2.24, 2.45) is 0 Å². The first-order chi connectivity index (χ1) is 12.1. The van der Waals surface area contributed by atoms with E-state index in [0.29, 0.717) is 24.6 Å². The molecule has 3 N–H and O–H groups in total. The van der Waals surface area contributed by atoms with Crippen molar-refractivity contribution < 1.29 is 4.42 Å². The van der Waals surface area contributed by atoms with Gasteiger partial charge in [0.1, 0.15) is 11.6 Å². The van der Waals surface area contributed by atoms with Gasteiger partial charge in [-0.2, -0.15) is 0 Å². The largest absolute Gasteiger partial charge is 0.454 e. The molecule has 6 nitrogen and oxygen atoms in total. The molecule has 0 unspecified atom stereocenters. The van der Waals surface area contributed by atoms with Gasteiger partial charge in [0.2, 0.25) is 0 Å². The summed E-state index contributed by atoms with van der Waals surface area (Å²) in [6.45, 7) is 2.13. The third-order valence-corrected chi connectivity index (χ3v) is 4.92. The summed E-state index contributed by atoms with van der Waals surface area (Å²) in [7, 11) is 0. The number of nitrogens with zero attached hydrogens (tertiary/aromatic N) is 2. The molecule has 2 aromatic heterocycles. The Labute approximate surface area is 158 Å². The number of nitrogens with one attached hydrogen (secondary N) is 1. The number of rotatable bonds is 3. The molecule has 0 saturated carbocycles. The van der Waals surface area contributed by atoms with E-state index in [1.54, 1.807) is 12.1 Å². The van der Waals surface area contributed by atoms with Crippen LogP contribution in [0.3, 0.4) is 0 Å². The number of hydrogen-bond acceptors (Lipinski definition) is 5. The fourth-order valence-corrected chi connectivity index (χ4v) is 3.51. The Morgan fingerprint density at radius 2 is 2.04 bits per heavy atom. The maximum atomic E-state index is 12.6. The van der Waals surface area contributed by atoms with Crippen LogP contribution < -0.4 is 11.3 Å². The van der Waals surface area contributed by atoms with Crippen LogP contribution in [0.4, 0.5) is 5.69 Å².